The highest BCUT2D eigenvalue weighted by Gasteiger charge is 2.10. The van der Waals surface area contributed by atoms with Crippen LogP contribution in [-0.2, 0) is 10.0 Å². The number of alkyl halides is 1. The maximum atomic E-state index is 12.7. The fourth-order valence-electron chi connectivity index (χ4n) is 1.06. The third-order valence-electron chi connectivity index (χ3n) is 1.80. The first-order valence-corrected chi connectivity index (χ1v) is 6.46. The molecule has 0 unspecified atom stereocenters. The Labute approximate surface area is 93.3 Å². The average molecular weight is 252 g/mol. The summed E-state index contributed by atoms with van der Waals surface area (Å²) < 4.78 is 37.8. The molecule has 1 aromatic rings. The Bertz CT molecular complexity index is 447. The van der Waals surface area contributed by atoms with E-state index in [1.165, 1.54) is 18.2 Å². The van der Waals surface area contributed by atoms with Crippen LogP contribution < -0.4 is 4.72 Å². The van der Waals surface area contributed by atoms with Crippen LogP contribution in [0.1, 0.15) is 5.56 Å². The Morgan fingerprint density at radius 1 is 1.47 bits per heavy atom. The zero-order valence-corrected chi connectivity index (χ0v) is 9.70. The Hall–Kier alpha value is -0.810. The second-order valence-corrected chi connectivity index (χ2v) is 5.29. The molecule has 0 aromatic heterocycles. The Morgan fingerprint density at radius 3 is 2.67 bits per heavy atom. The summed E-state index contributed by atoms with van der Waals surface area (Å²) in [4.78, 5) is 0. The van der Waals surface area contributed by atoms with Crippen LogP contribution in [0.3, 0.4) is 0 Å². The van der Waals surface area contributed by atoms with E-state index >= 15 is 0 Å². The van der Waals surface area contributed by atoms with Gasteiger partial charge in [0.1, 0.15) is 5.82 Å². The molecule has 0 bridgehead atoms. The summed E-state index contributed by atoms with van der Waals surface area (Å²) in [7, 11) is -3.42. The van der Waals surface area contributed by atoms with E-state index in [1.54, 1.807) is 6.92 Å². The molecule has 3 nitrogen and oxygen atoms in total. The summed E-state index contributed by atoms with van der Waals surface area (Å²) in [5.74, 6) is -0.534. The number of hydrogen-bond donors (Lipinski definition) is 1. The third kappa shape index (κ3) is 3.68. The van der Waals surface area contributed by atoms with Crippen molar-refractivity contribution in [3.63, 3.8) is 0 Å². The van der Waals surface area contributed by atoms with Crippen molar-refractivity contribution in [2.45, 2.75) is 6.92 Å². The van der Waals surface area contributed by atoms with Gasteiger partial charge >= 0.3 is 0 Å². The van der Waals surface area contributed by atoms with E-state index in [0.717, 1.165) is 0 Å². The van der Waals surface area contributed by atoms with Gasteiger partial charge in [0.05, 0.1) is 11.4 Å². The molecule has 0 fully saturated rings. The summed E-state index contributed by atoms with van der Waals surface area (Å²) in [6.45, 7) is 1.63. The molecule has 6 heteroatoms. The molecule has 0 spiro atoms. The highest BCUT2D eigenvalue weighted by molar-refractivity contribution is 7.92. The number of aryl methyl sites for hydroxylation is 1. The lowest BCUT2D eigenvalue weighted by atomic mass is 10.2. The minimum atomic E-state index is -3.42. The molecule has 1 aromatic carbocycles. The minimum Gasteiger partial charge on any atom is -0.283 e. The van der Waals surface area contributed by atoms with Crippen LogP contribution in [0.2, 0.25) is 0 Å². The molecule has 0 saturated heterocycles. The topological polar surface area (TPSA) is 46.2 Å². The molecule has 0 atom stereocenters. The van der Waals surface area contributed by atoms with Gasteiger partial charge in [-0.3, -0.25) is 4.72 Å². The summed E-state index contributed by atoms with van der Waals surface area (Å²) in [6, 6.07) is 3.85. The molecule has 0 amide bonds. The summed E-state index contributed by atoms with van der Waals surface area (Å²) >= 11 is 5.34. The van der Waals surface area contributed by atoms with Crippen molar-refractivity contribution in [3.05, 3.63) is 29.6 Å². The van der Waals surface area contributed by atoms with Gasteiger partial charge in [-0.15, -0.1) is 11.6 Å². The van der Waals surface area contributed by atoms with Crippen molar-refractivity contribution < 1.29 is 12.8 Å². The molecule has 0 aliphatic heterocycles. The zero-order valence-electron chi connectivity index (χ0n) is 8.13. The molecule has 0 saturated carbocycles. The Kier molecular flexibility index (Phi) is 3.93. The van der Waals surface area contributed by atoms with Gasteiger partial charge in [-0.1, -0.05) is 0 Å². The van der Waals surface area contributed by atoms with Crippen LogP contribution in [0, 0.1) is 12.7 Å². The molecule has 15 heavy (non-hydrogen) atoms. The van der Waals surface area contributed by atoms with Gasteiger partial charge in [-0.05, 0) is 30.7 Å². The van der Waals surface area contributed by atoms with E-state index in [0.29, 0.717) is 11.3 Å². The predicted molar refractivity (Wildman–Crippen MR) is 59.3 cm³/mol. The highest BCUT2D eigenvalue weighted by Crippen LogP contribution is 2.17. The van der Waals surface area contributed by atoms with Gasteiger partial charge in [0.15, 0.2) is 0 Å². The van der Waals surface area contributed by atoms with Gasteiger partial charge in [-0.2, -0.15) is 0 Å². The Morgan fingerprint density at radius 2 is 2.13 bits per heavy atom. The largest absolute Gasteiger partial charge is 0.283 e. The van der Waals surface area contributed by atoms with Gasteiger partial charge in [0, 0.05) is 5.88 Å². The first kappa shape index (κ1) is 12.3. The second kappa shape index (κ2) is 4.81. The molecule has 84 valence electrons. The fraction of sp³-hybridized carbons (Fsp3) is 0.333. The number of sulfonamides is 1. The maximum absolute atomic E-state index is 12.7. The maximum Gasteiger partial charge on any atom is 0.233 e. The van der Waals surface area contributed by atoms with Crippen molar-refractivity contribution in [2.75, 3.05) is 16.4 Å². The van der Waals surface area contributed by atoms with E-state index in [-0.39, 0.29) is 11.6 Å². The van der Waals surface area contributed by atoms with Gasteiger partial charge in [0.2, 0.25) is 10.0 Å². The number of nitrogens with one attached hydrogen (secondary N) is 1. The van der Waals surface area contributed by atoms with E-state index in [9.17, 15) is 12.8 Å². The van der Waals surface area contributed by atoms with Gasteiger partial charge < -0.3 is 0 Å². The molecule has 1 rings (SSSR count). The zero-order chi connectivity index (χ0) is 11.5. The van der Waals surface area contributed by atoms with Crippen molar-refractivity contribution in [1.82, 2.24) is 0 Å². The lowest BCUT2D eigenvalue weighted by molar-refractivity contribution is 0.602. The fourth-order valence-corrected chi connectivity index (χ4v) is 2.54. The van der Waals surface area contributed by atoms with Crippen LogP contribution in [0.25, 0.3) is 0 Å². The lowest BCUT2D eigenvalue weighted by Gasteiger charge is -2.09. The van der Waals surface area contributed by atoms with E-state index in [2.05, 4.69) is 4.72 Å². The van der Waals surface area contributed by atoms with Crippen LogP contribution in [0.15, 0.2) is 18.2 Å². The molecule has 0 aliphatic carbocycles. The minimum absolute atomic E-state index is 0.0234. The number of benzene rings is 1. The van der Waals surface area contributed by atoms with Crippen LogP contribution >= 0.6 is 11.6 Å². The molecule has 1 N–H and O–H groups in total. The predicted octanol–water partition coefficient (Wildman–Crippen LogP) is 2.11. The normalized spacial score (nSPS) is 11.4. The van der Waals surface area contributed by atoms with Crippen molar-refractivity contribution in [2.24, 2.45) is 0 Å². The number of hydrogen-bond acceptors (Lipinski definition) is 2. The lowest BCUT2D eigenvalue weighted by Crippen LogP contribution is -2.18. The standard InChI is InChI=1S/C9H11ClFNO2S/c1-7-6-8(11)2-3-9(7)12-15(13,14)5-4-10/h2-3,6,12H,4-5H2,1H3. The average Bonchev–Trinajstić information content (AvgIpc) is 2.09. The number of rotatable bonds is 4. The highest BCUT2D eigenvalue weighted by atomic mass is 35.5. The van der Waals surface area contributed by atoms with Crippen molar-refractivity contribution in [3.8, 4) is 0 Å². The van der Waals surface area contributed by atoms with E-state index in [1.807, 2.05) is 0 Å². The third-order valence-corrected chi connectivity index (χ3v) is 3.49. The van der Waals surface area contributed by atoms with Crippen molar-refractivity contribution >= 4 is 27.3 Å². The van der Waals surface area contributed by atoms with E-state index < -0.39 is 15.8 Å². The number of halogens is 2. The molecule has 0 heterocycles. The molecular formula is C9H11ClFNO2S. The van der Waals surface area contributed by atoms with Gasteiger partial charge in [0.25, 0.3) is 0 Å². The van der Waals surface area contributed by atoms with Crippen LogP contribution in [0.5, 0.6) is 0 Å². The molecule has 0 aliphatic rings. The number of anilines is 1. The SMILES string of the molecule is Cc1cc(F)ccc1NS(=O)(=O)CCCl. The smallest absolute Gasteiger partial charge is 0.233 e. The molecular weight excluding hydrogens is 241 g/mol. The molecule has 0 radical (unpaired) electrons. The summed E-state index contributed by atoms with van der Waals surface area (Å²) in [6.07, 6.45) is 0. The summed E-state index contributed by atoms with van der Waals surface area (Å²) in [5, 5.41) is 0. The van der Waals surface area contributed by atoms with Crippen molar-refractivity contribution in [1.29, 1.82) is 0 Å². The summed E-state index contributed by atoms with van der Waals surface area (Å²) in [5.41, 5.74) is 0.912. The first-order chi connectivity index (χ1) is 6.94. The Balaban J connectivity index is 2.90. The van der Waals surface area contributed by atoms with Gasteiger partial charge in [-0.25, -0.2) is 12.8 Å². The quantitative estimate of drug-likeness (QED) is 0.834. The van der Waals surface area contributed by atoms with Crippen LogP contribution in [-0.4, -0.2) is 20.1 Å². The van der Waals surface area contributed by atoms with E-state index in [4.69, 9.17) is 11.6 Å². The van der Waals surface area contributed by atoms with Crippen LogP contribution in [0.4, 0.5) is 10.1 Å². The second-order valence-electron chi connectivity index (χ2n) is 3.07. The monoisotopic (exact) mass is 251 g/mol. The first-order valence-electron chi connectivity index (χ1n) is 4.27.